The number of carbonyl (C=O) groups excluding carboxylic acids is 1. The van der Waals surface area contributed by atoms with Crippen LogP contribution in [0.2, 0.25) is 0 Å². The maximum Gasteiger partial charge on any atom is 0.277 e. The highest BCUT2D eigenvalue weighted by Gasteiger charge is 2.30. The first-order valence-electron chi connectivity index (χ1n) is 7.09. The molecule has 0 fully saturated rings. The smallest absolute Gasteiger partial charge is 0.277 e. The van der Waals surface area contributed by atoms with E-state index in [1.807, 2.05) is 23.1 Å². The summed E-state index contributed by atoms with van der Waals surface area (Å²) in [6, 6.07) is 7.65. The Morgan fingerprint density at radius 1 is 1.35 bits per heavy atom. The number of halogens is 4. The molecule has 132 valence electrons. The van der Waals surface area contributed by atoms with Crippen molar-refractivity contribution in [3.63, 3.8) is 0 Å². The SMILES string of the molecule is CC(C(=O)NCC(F)(F)CN)N1CCc2ccccc2C1.Cl.Cl. The highest BCUT2D eigenvalue weighted by atomic mass is 35.5. The maximum absolute atomic E-state index is 13.1. The molecule has 23 heavy (non-hydrogen) atoms. The molecule has 2 rings (SSSR count). The van der Waals surface area contributed by atoms with Gasteiger partial charge in [0.15, 0.2) is 0 Å². The summed E-state index contributed by atoms with van der Waals surface area (Å²) >= 11 is 0. The van der Waals surface area contributed by atoms with Gasteiger partial charge in [-0.3, -0.25) is 9.69 Å². The third-order valence-electron chi connectivity index (χ3n) is 3.91. The van der Waals surface area contributed by atoms with E-state index in [0.717, 1.165) is 13.0 Å². The average Bonchev–Trinajstić information content (AvgIpc) is 2.51. The second-order valence-corrected chi connectivity index (χ2v) is 5.44. The lowest BCUT2D eigenvalue weighted by Crippen LogP contribution is -2.50. The van der Waals surface area contributed by atoms with E-state index in [1.165, 1.54) is 11.1 Å². The van der Waals surface area contributed by atoms with E-state index in [4.69, 9.17) is 5.73 Å². The van der Waals surface area contributed by atoms with Crippen LogP contribution in [0.4, 0.5) is 8.78 Å². The van der Waals surface area contributed by atoms with Crippen LogP contribution >= 0.6 is 24.8 Å². The van der Waals surface area contributed by atoms with Gasteiger partial charge >= 0.3 is 0 Å². The molecule has 8 heteroatoms. The number of hydrogen-bond acceptors (Lipinski definition) is 3. The van der Waals surface area contributed by atoms with Crippen LogP contribution < -0.4 is 11.1 Å². The molecular formula is C15H23Cl2F2N3O. The summed E-state index contributed by atoms with van der Waals surface area (Å²) in [4.78, 5) is 14.0. The molecule has 3 N–H and O–H groups in total. The Morgan fingerprint density at radius 3 is 2.57 bits per heavy atom. The Bertz CT molecular complexity index is 517. The summed E-state index contributed by atoms with van der Waals surface area (Å²) in [5, 5.41) is 2.28. The van der Waals surface area contributed by atoms with Crippen molar-refractivity contribution in [1.82, 2.24) is 10.2 Å². The summed E-state index contributed by atoms with van der Waals surface area (Å²) in [7, 11) is 0. The monoisotopic (exact) mass is 369 g/mol. The molecule has 1 aliphatic rings. The summed E-state index contributed by atoms with van der Waals surface area (Å²) in [6.45, 7) is 1.68. The molecule has 0 spiro atoms. The predicted octanol–water partition coefficient (Wildman–Crippen LogP) is 1.99. The Balaban J connectivity index is 0.00000242. The first kappa shape index (κ1) is 22.1. The quantitative estimate of drug-likeness (QED) is 0.834. The van der Waals surface area contributed by atoms with Crippen LogP contribution in [0.1, 0.15) is 18.1 Å². The average molecular weight is 370 g/mol. The third kappa shape index (κ3) is 5.88. The standard InChI is InChI=1S/C15H21F2N3O.2ClH/c1-11(14(21)19-10-15(16,17)9-18)20-7-6-12-4-2-3-5-13(12)8-20;;/h2-5,11H,6-10,18H2,1H3,(H,19,21);2*1H. The number of nitrogens with two attached hydrogens (primary N) is 1. The normalized spacial score (nSPS) is 15.7. The Morgan fingerprint density at radius 2 is 1.96 bits per heavy atom. The van der Waals surface area contributed by atoms with Crippen LogP contribution in [0, 0.1) is 0 Å². The molecule has 1 aromatic carbocycles. The van der Waals surface area contributed by atoms with Crippen molar-refractivity contribution in [2.45, 2.75) is 31.9 Å². The first-order chi connectivity index (χ1) is 9.93. The van der Waals surface area contributed by atoms with Gasteiger partial charge in [0.1, 0.15) is 0 Å². The van der Waals surface area contributed by atoms with E-state index >= 15 is 0 Å². The molecule has 0 radical (unpaired) electrons. The van der Waals surface area contributed by atoms with E-state index in [9.17, 15) is 13.6 Å². The predicted molar refractivity (Wildman–Crippen MR) is 91.5 cm³/mol. The molecule has 0 aliphatic carbocycles. The lowest BCUT2D eigenvalue weighted by Gasteiger charge is -2.33. The first-order valence-corrected chi connectivity index (χ1v) is 7.09. The number of rotatable bonds is 5. The van der Waals surface area contributed by atoms with Crippen molar-refractivity contribution in [1.29, 1.82) is 0 Å². The molecule has 1 unspecified atom stereocenters. The van der Waals surface area contributed by atoms with Crippen LogP contribution in [-0.4, -0.2) is 42.4 Å². The van der Waals surface area contributed by atoms with E-state index in [0.29, 0.717) is 6.54 Å². The van der Waals surface area contributed by atoms with Gasteiger partial charge in [0, 0.05) is 13.1 Å². The van der Waals surface area contributed by atoms with Gasteiger partial charge in [0.05, 0.1) is 19.1 Å². The Hall–Kier alpha value is -0.950. The fourth-order valence-corrected chi connectivity index (χ4v) is 2.45. The van der Waals surface area contributed by atoms with Crippen LogP contribution in [-0.2, 0) is 17.8 Å². The second-order valence-electron chi connectivity index (χ2n) is 5.44. The molecule has 1 atom stereocenters. The van der Waals surface area contributed by atoms with Gasteiger partial charge in [-0.05, 0) is 24.5 Å². The van der Waals surface area contributed by atoms with E-state index in [1.54, 1.807) is 6.92 Å². The fraction of sp³-hybridized carbons (Fsp3) is 0.533. The molecule has 0 saturated heterocycles. The molecule has 1 aliphatic heterocycles. The highest BCUT2D eigenvalue weighted by molar-refractivity contribution is 5.85. The van der Waals surface area contributed by atoms with Crippen LogP contribution in [0.3, 0.4) is 0 Å². The van der Waals surface area contributed by atoms with Crippen LogP contribution in [0.15, 0.2) is 24.3 Å². The molecule has 1 amide bonds. The zero-order chi connectivity index (χ0) is 15.5. The third-order valence-corrected chi connectivity index (χ3v) is 3.91. The molecule has 1 heterocycles. The number of carbonyl (C=O) groups is 1. The number of nitrogens with one attached hydrogen (secondary N) is 1. The minimum atomic E-state index is -3.05. The van der Waals surface area contributed by atoms with Gasteiger partial charge in [0.25, 0.3) is 5.92 Å². The zero-order valence-corrected chi connectivity index (χ0v) is 14.6. The summed E-state index contributed by atoms with van der Waals surface area (Å²) in [5.74, 6) is -3.44. The molecule has 0 saturated carbocycles. The highest BCUT2D eigenvalue weighted by Crippen LogP contribution is 2.20. The van der Waals surface area contributed by atoms with E-state index in [2.05, 4.69) is 11.4 Å². The number of benzene rings is 1. The molecule has 1 aromatic rings. The Labute approximate surface area is 147 Å². The molecule has 0 aromatic heterocycles. The largest absolute Gasteiger partial charge is 0.349 e. The van der Waals surface area contributed by atoms with Crippen molar-refractivity contribution in [2.24, 2.45) is 5.73 Å². The molecule has 4 nitrogen and oxygen atoms in total. The van der Waals surface area contributed by atoms with Gasteiger partial charge in [-0.15, -0.1) is 24.8 Å². The van der Waals surface area contributed by atoms with Crippen molar-refractivity contribution in [2.75, 3.05) is 19.6 Å². The van der Waals surface area contributed by atoms with Crippen LogP contribution in [0.5, 0.6) is 0 Å². The number of alkyl halides is 2. The van der Waals surface area contributed by atoms with Crippen molar-refractivity contribution in [3.05, 3.63) is 35.4 Å². The number of nitrogens with zero attached hydrogens (tertiary/aromatic N) is 1. The van der Waals surface area contributed by atoms with Crippen molar-refractivity contribution in [3.8, 4) is 0 Å². The minimum absolute atomic E-state index is 0. The number of hydrogen-bond donors (Lipinski definition) is 2. The number of fused-ring (bicyclic) bond motifs is 1. The van der Waals surface area contributed by atoms with Gasteiger partial charge in [0.2, 0.25) is 5.91 Å². The lowest BCUT2D eigenvalue weighted by atomic mass is 9.99. The zero-order valence-electron chi connectivity index (χ0n) is 12.9. The van der Waals surface area contributed by atoms with Gasteiger partial charge in [-0.2, -0.15) is 0 Å². The minimum Gasteiger partial charge on any atom is -0.349 e. The lowest BCUT2D eigenvalue weighted by molar-refractivity contribution is -0.128. The number of amides is 1. The van der Waals surface area contributed by atoms with E-state index in [-0.39, 0.29) is 30.7 Å². The maximum atomic E-state index is 13.1. The van der Waals surface area contributed by atoms with Crippen LogP contribution in [0.25, 0.3) is 0 Å². The van der Waals surface area contributed by atoms with Crippen molar-refractivity contribution >= 4 is 30.7 Å². The topological polar surface area (TPSA) is 58.4 Å². The Kier molecular flexibility index (Phi) is 8.98. The van der Waals surface area contributed by atoms with Crippen molar-refractivity contribution < 1.29 is 13.6 Å². The van der Waals surface area contributed by atoms with E-state index < -0.39 is 25.1 Å². The molecule has 0 bridgehead atoms. The van der Waals surface area contributed by atoms with Gasteiger partial charge in [-0.1, -0.05) is 24.3 Å². The molecular weight excluding hydrogens is 347 g/mol. The van der Waals surface area contributed by atoms with Gasteiger partial charge < -0.3 is 11.1 Å². The second kappa shape index (κ2) is 9.37. The van der Waals surface area contributed by atoms with Gasteiger partial charge in [-0.25, -0.2) is 8.78 Å². The summed E-state index contributed by atoms with van der Waals surface area (Å²) in [5.41, 5.74) is 7.43. The summed E-state index contributed by atoms with van der Waals surface area (Å²) < 4.78 is 26.1. The summed E-state index contributed by atoms with van der Waals surface area (Å²) in [6.07, 6.45) is 0.868. The fourth-order valence-electron chi connectivity index (χ4n) is 2.45.